The van der Waals surface area contributed by atoms with Gasteiger partial charge in [0, 0.05) is 32.5 Å². The van der Waals surface area contributed by atoms with Crippen LogP contribution in [0, 0.1) is 0 Å². The summed E-state index contributed by atoms with van der Waals surface area (Å²) in [4.78, 5) is 10.5. The molecule has 20 heavy (non-hydrogen) atoms. The highest BCUT2D eigenvalue weighted by Crippen LogP contribution is 2.31. The van der Waals surface area contributed by atoms with Crippen LogP contribution >= 0.6 is 23.2 Å². The smallest absolute Gasteiger partial charge is 0.149 e. The number of hydrogen-bond donors (Lipinski definition) is 1. The van der Waals surface area contributed by atoms with E-state index in [0.29, 0.717) is 28.2 Å². The molecule has 2 aromatic heterocycles. The molecule has 0 atom stereocenters. The first kappa shape index (κ1) is 14.9. The fourth-order valence-corrected chi connectivity index (χ4v) is 2.42. The number of hydrogen-bond acceptors (Lipinski definition) is 4. The maximum absolute atomic E-state index is 6.23. The molecule has 106 valence electrons. The molecule has 0 saturated carbocycles. The molecule has 1 N–H and O–H groups in total. The number of halogens is 2. The Labute approximate surface area is 128 Å². The maximum atomic E-state index is 6.23. The second-order valence-corrected chi connectivity index (χ2v) is 5.18. The van der Waals surface area contributed by atoms with Crippen molar-refractivity contribution in [2.24, 2.45) is 0 Å². The van der Waals surface area contributed by atoms with Crippen molar-refractivity contribution >= 4 is 34.8 Å². The van der Waals surface area contributed by atoms with Crippen LogP contribution in [0.15, 0.2) is 30.6 Å². The van der Waals surface area contributed by atoms with Crippen molar-refractivity contribution < 1.29 is 0 Å². The van der Waals surface area contributed by atoms with Crippen LogP contribution in [0.1, 0.15) is 12.5 Å². The molecule has 0 spiro atoms. The summed E-state index contributed by atoms with van der Waals surface area (Å²) in [5.41, 5.74) is 1.14. The number of aromatic nitrogens is 2. The predicted octanol–water partition coefficient (Wildman–Crippen LogP) is 3.85. The van der Waals surface area contributed by atoms with E-state index in [4.69, 9.17) is 23.2 Å². The zero-order valence-corrected chi connectivity index (χ0v) is 12.9. The van der Waals surface area contributed by atoms with E-state index in [-0.39, 0.29) is 0 Å². The lowest BCUT2D eigenvalue weighted by atomic mass is 10.2. The Morgan fingerprint density at radius 2 is 1.90 bits per heavy atom. The third-order valence-electron chi connectivity index (χ3n) is 2.79. The van der Waals surface area contributed by atoms with E-state index in [1.165, 1.54) is 0 Å². The van der Waals surface area contributed by atoms with Crippen LogP contribution in [0.25, 0.3) is 0 Å². The highest BCUT2D eigenvalue weighted by atomic mass is 35.5. The van der Waals surface area contributed by atoms with Crippen molar-refractivity contribution in [2.75, 3.05) is 23.8 Å². The summed E-state index contributed by atoms with van der Waals surface area (Å²) in [7, 11) is 1.94. The van der Waals surface area contributed by atoms with Crippen LogP contribution < -0.4 is 10.2 Å². The zero-order chi connectivity index (χ0) is 14.5. The van der Waals surface area contributed by atoms with Crippen molar-refractivity contribution in [1.29, 1.82) is 0 Å². The summed E-state index contributed by atoms with van der Waals surface area (Å²) in [6, 6.07) is 5.64. The van der Waals surface area contributed by atoms with E-state index >= 15 is 0 Å². The van der Waals surface area contributed by atoms with Gasteiger partial charge in [-0.1, -0.05) is 23.2 Å². The summed E-state index contributed by atoms with van der Waals surface area (Å²) in [5, 5.41) is 4.19. The van der Waals surface area contributed by atoms with Gasteiger partial charge in [-0.25, -0.2) is 4.98 Å². The third-order valence-corrected chi connectivity index (χ3v) is 3.35. The molecule has 4 nitrogen and oxygen atoms in total. The molecule has 0 aliphatic heterocycles. The standard InChI is InChI=1S/C14H16Cl2N4/c1-3-18-13-11(15)8-12(16)14(19-13)20(2)9-10-4-6-17-7-5-10/h4-8H,3,9H2,1-2H3,(H,18,19). The molecule has 2 heterocycles. The second kappa shape index (κ2) is 6.77. The van der Waals surface area contributed by atoms with Crippen LogP contribution in [-0.4, -0.2) is 23.6 Å². The topological polar surface area (TPSA) is 41.1 Å². The van der Waals surface area contributed by atoms with E-state index < -0.39 is 0 Å². The van der Waals surface area contributed by atoms with Gasteiger partial charge >= 0.3 is 0 Å². The van der Waals surface area contributed by atoms with Crippen LogP contribution in [-0.2, 0) is 6.54 Å². The molecule has 0 aliphatic carbocycles. The molecule has 0 unspecified atom stereocenters. The van der Waals surface area contributed by atoms with E-state index in [9.17, 15) is 0 Å². The number of rotatable bonds is 5. The highest BCUT2D eigenvalue weighted by molar-refractivity contribution is 6.37. The van der Waals surface area contributed by atoms with E-state index in [1.54, 1.807) is 18.5 Å². The molecule has 0 bridgehead atoms. The molecule has 2 rings (SSSR count). The fraction of sp³-hybridized carbons (Fsp3) is 0.286. The molecule has 0 radical (unpaired) electrons. The first-order chi connectivity index (χ1) is 9.61. The van der Waals surface area contributed by atoms with Crippen molar-refractivity contribution in [1.82, 2.24) is 9.97 Å². The number of anilines is 2. The van der Waals surface area contributed by atoms with Crippen LogP contribution in [0.5, 0.6) is 0 Å². The molecule has 0 saturated heterocycles. The molecule has 0 aromatic carbocycles. The lowest BCUT2D eigenvalue weighted by Gasteiger charge is -2.21. The Balaban J connectivity index is 2.25. The first-order valence-corrected chi connectivity index (χ1v) is 7.07. The van der Waals surface area contributed by atoms with Crippen molar-refractivity contribution in [3.8, 4) is 0 Å². The summed E-state index contributed by atoms with van der Waals surface area (Å²) < 4.78 is 0. The summed E-state index contributed by atoms with van der Waals surface area (Å²) in [6.45, 7) is 3.44. The Bertz CT molecular complexity index is 575. The van der Waals surface area contributed by atoms with Gasteiger partial charge in [0.25, 0.3) is 0 Å². The average Bonchev–Trinajstić information content (AvgIpc) is 2.43. The minimum Gasteiger partial charge on any atom is -0.369 e. The first-order valence-electron chi connectivity index (χ1n) is 6.31. The zero-order valence-electron chi connectivity index (χ0n) is 11.4. The van der Waals surface area contributed by atoms with Crippen LogP contribution in [0.2, 0.25) is 10.0 Å². The SMILES string of the molecule is CCNc1nc(N(C)Cc2ccncc2)c(Cl)cc1Cl. The molecular formula is C14H16Cl2N4. The molecule has 2 aromatic rings. The Kier molecular flexibility index (Phi) is 5.04. The molecule has 0 fully saturated rings. The third kappa shape index (κ3) is 3.52. The minimum atomic E-state index is 0.526. The van der Waals surface area contributed by atoms with Gasteiger partial charge in [0.15, 0.2) is 0 Å². The Morgan fingerprint density at radius 1 is 1.20 bits per heavy atom. The van der Waals surface area contributed by atoms with Crippen LogP contribution in [0.4, 0.5) is 11.6 Å². The number of pyridine rings is 2. The molecule has 0 amide bonds. The van der Waals surface area contributed by atoms with Gasteiger partial charge in [-0.15, -0.1) is 0 Å². The fourth-order valence-electron chi connectivity index (χ4n) is 1.85. The number of nitrogens with zero attached hydrogens (tertiary/aromatic N) is 3. The summed E-state index contributed by atoms with van der Waals surface area (Å²) >= 11 is 12.3. The van der Waals surface area contributed by atoms with E-state index in [1.807, 2.05) is 31.0 Å². The summed E-state index contributed by atoms with van der Waals surface area (Å²) in [6.07, 6.45) is 3.54. The van der Waals surface area contributed by atoms with Crippen molar-refractivity contribution in [3.05, 3.63) is 46.2 Å². The van der Waals surface area contributed by atoms with Crippen molar-refractivity contribution in [3.63, 3.8) is 0 Å². The van der Waals surface area contributed by atoms with E-state index in [0.717, 1.165) is 12.1 Å². The largest absolute Gasteiger partial charge is 0.369 e. The normalized spacial score (nSPS) is 10.4. The average molecular weight is 311 g/mol. The van der Waals surface area contributed by atoms with Gasteiger partial charge < -0.3 is 10.2 Å². The maximum Gasteiger partial charge on any atom is 0.149 e. The Morgan fingerprint density at radius 3 is 2.55 bits per heavy atom. The van der Waals surface area contributed by atoms with Crippen LogP contribution in [0.3, 0.4) is 0 Å². The monoisotopic (exact) mass is 310 g/mol. The lowest BCUT2D eigenvalue weighted by Crippen LogP contribution is -2.19. The minimum absolute atomic E-state index is 0.526. The van der Waals surface area contributed by atoms with E-state index in [2.05, 4.69) is 15.3 Å². The predicted molar refractivity (Wildman–Crippen MR) is 84.8 cm³/mol. The van der Waals surface area contributed by atoms with Gasteiger partial charge in [-0.2, -0.15) is 0 Å². The van der Waals surface area contributed by atoms with Gasteiger partial charge in [-0.3, -0.25) is 4.98 Å². The molecule has 0 aliphatic rings. The molecular weight excluding hydrogens is 295 g/mol. The van der Waals surface area contributed by atoms with Crippen molar-refractivity contribution in [2.45, 2.75) is 13.5 Å². The second-order valence-electron chi connectivity index (χ2n) is 4.37. The van der Waals surface area contributed by atoms with Gasteiger partial charge in [0.2, 0.25) is 0 Å². The quantitative estimate of drug-likeness (QED) is 0.910. The summed E-state index contributed by atoms with van der Waals surface area (Å²) in [5.74, 6) is 1.35. The Hall–Kier alpha value is -1.52. The van der Waals surface area contributed by atoms with Gasteiger partial charge in [-0.05, 0) is 30.7 Å². The van der Waals surface area contributed by atoms with Gasteiger partial charge in [0.1, 0.15) is 11.6 Å². The lowest BCUT2D eigenvalue weighted by molar-refractivity contribution is 0.895. The number of nitrogens with one attached hydrogen (secondary N) is 1. The molecule has 6 heteroatoms. The highest BCUT2D eigenvalue weighted by Gasteiger charge is 2.13. The van der Waals surface area contributed by atoms with Gasteiger partial charge in [0.05, 0.1) is 10.0 Å².